The van der Waals surface area contributed by atoms with Crippen molar-refractivity contribution in [3.8, 4) is 11.1 Å². The molecule has 2 aromatic carbocycles. The molecule has 3 aliphatic rings. The molecule has 20 heteroatoms. The van der Waals surface area contributed by atoms with Gasteiger partial charge < -0.3 is 10.6 Å². The Hall–Kier alpha value is -5.17. The molecule has 2 aliphatic carbocycles. The van der Waals surface area contributed by atoms with Crippen LogP contribution in [-0.2, 0) is 52.0 Å². The van der Waals surface area contributed by atoms with E-state index in [-0.39, 0.29) is 75.7 Å². The topological polar surface area (TPSA) is 153 Å². The Balaban J connectivity index is 1.28. The van der Waals surface area contributed by atoms with Gasteiger partial charge in [-0.05, 0) is 48.6 Å². The number of fused-ring (bicyclic) bond motifs is 5. The first kappa shape index (κ1) is 36.8. The maximum absolute atomic E-state index is 15.4. The maximum atomic E-state index is 15.4. The van der Waals surface area contributed by atoms with Crippen LogP contribution >= 0.6 is 11.6 Å². The number of aromatic nitrogens is 5. The largest absolute Gasteiger partial charge is 0.346 e. The van der Waals surface area contributed by atoms with E-state index >= 15 is 8.78 Å². The van der Waals surface area contributed by atoms with Crippen LogP contribution in [0.25, 0.3) is 22.0 Å². The van der Waals surface area contributed by atoms with Crippen LogP contribution in [0.3, 0.4) is 0 Å². The van der Waals surface area contributed by atoms with Gasteiger partial charge in [0.2, 0.25) is 21.8 Å². The zero-order chi connectivity index (χ0) is 39.3. The number of sulfonamides is 1. The maximum Gasteiger partial charge on any atom is 0.293 e. The average Bonchev–Trinajstić information content (AvgIpc) is 3.62. The van der Waals surface area contributed by atoms with Crippen LogP contribution < -0.4 is 15.4 Å². The van der Waals surface area contributed by atoms with Crippen molar-refractivity contribution in [1.82, 2.24) is 29.9 Å². The Morgan fingerprint density at radius 1 is 1.07 bits per heavy atom. The molecular formula is C35H29ClF6N8O4S. The molecule has 1 aliphatic heterocycles. The number of halogens is 7. The Kier molecular flexibility index (Phi) is 8.67. The van der Waals surface area contributed by atoms with Crippen molar-refractivity contribution < 1.29 is 44.3 Å². The molecule has 55 heavy (non-hydrogen) atoms. The summed E-state index contributed by atoms with van der Waals surface area (Å²) >= 11 is 6.58. The van der Waals surface area contributed by atoms with E-state index in [1.54, 1.807) is 12.1 Å². The number of alkyl halides is 4. The highest BCUT2D eigenvalue weighted by atomic mass is 35.5. The van der Waals surface area contributed by atoms with Crippen molar-refractivity contribution in [2.24, 2.45) is 13.0 Å². The second-order valence-electron chi connectivity index (χ2n) is 13.9. The summed E-state index contributed by atoms with van der Waals surface area (Å²) in [5.41, 5.74) is -0.0860. The normalized spacial score (nSPS) is 18.8. The number of amides is 2. The minimum Gasteiger partial charge on any atom is -0.346 e. The molecule has 12 nitrogen and oxygen atoms in total. The van der Waals surface area contributed by atoms with E-state index in [9.17, 15) is 35.6 Å². The third kappa shape index (κ3) is 6.55. The fourth-order valence-corrected chi connectivity index (χ4v) is 8.50. The van der Waals surface area contributed by atoms with E-state index in [0.29, 0.717) is 27.7 Å². The minimum atomic E-state index is -3.83. The number of carbonyl (C=O) groups is 2. The molecule has 2 amide bonds. The number of hydrogen-bond acceptors (Lipinski definition) is 7. The number of aryl methyl sites for hydroxylation is 2. The van der Waals surface area contributed by atoms with Gasteiger partial charge in [-0.15, -0.1) is 0 Å². The number of pyridine rings is 1. The van der Waals surface area contributed by atoms with Crippen molar-refractivity contribution >= 4 is 55.8 Å². The van der Waals surface area contributed by atoms with E-state index in [1.807, 2.05) is 0 Å². The zero-order valence-electron chi connectivity index (χ0n) is 28.7. The summed E-state index contributed by atoms with van der Waals surface area (Å²) in [6.45, 7) is -0.901. The first-order valence-corrected chi connectivity index (χ1v) is 19.1. The summed E-state index contributed by atoms with van der Waals surface area (Å²) in [5, 5.41) is 13.8. The summed E-state index contributed by atoms with van der Waals surface area (Å²) in [6, 6.07) is 6.06. The quantitative estimate of drug-likeness (QED) is 0.141. The van der Waals surface area contributed by atoms with Crippen molar-refractivity contribution in [2.45, 2.75) is 56.5 Å². The Bertz CT molecular complexity index is 2560. The summed E-state index contributed by atoms with van der Waals surface area (Å²) in [4.78, 5) is 31.2. The van der Waals surface area contributed by atoms with Gasteiger partial charge in [-0.3, -0.25) is 28.7 Å². The number of nitrogens with zero attached hydrogens (tertiary/aromatic N) is 5. The predicted octanol–water partition coefficient (Wildman–Crippen LogP) is 6.27. The highest BCUT2D eigenvalue weighted by molar-refractivity contribution is 7.92. The first-order valence-electron chi connectivity index (χ1n) is 16.9. The number of anilines is 2. The molecule has 1 fully saturated rings. The van der Waals surface area contributed by atoms with E-state index < -0.39 is 75.7 Å². The lowest BCUT2D eigenvalue weighted by atomic mass is 9.92. The Labute approximate surface area is 313 Å². The van der Waals surface area contributed by atoms with Crippen molar-refractivity contribution in [3.63, 3.8) is 0 Å². The summed E-state index contributed by atoms with van der Waals surface area (Å²) in [5.74, 6) is -8.66. The zero-order valence-corrected chi connectivity index (χ0v) is 30.3. The molecule has 4 heterocycles. The highest BCUT2D eigenvalue weighted by Gasteiger charge is 2.67. The summed E-state index contributed by atoms with van der Waals surface area (Å²) < 4.78 is 116. The first-order chi connectivity index (χ1) is 25.9. The Morgan fingerprint density at radius 3 is 2.49 bits per heavy atom. The molecule has 5 aromatic rings. The smallest absolute Gasteiger partial charge is 0.293 e. The SMILES string of the molecule is Cn1nc(NS(C)(=O)=O)c2c(Cl)ccc(-c3cc4c(nc3[C@H](Cc3cc(F)cc(F)c3)NC(=O)Cn3nc(C(F)F)c5c3C(F)(F)C3C[C@H]53)CCC(=O)N4)c21. The highest BCUT2D eigenvalue weighted by Crippen LogP contribution is 2.68. The van der Waals surface area contributed by atoms with Crippen LogP contribution in [-0.4, -0.2) is 51.0 Å². The molecule has 8 rings (SSSR count). The lowest BCUT2D eigenvalue weighted by Gasteiger charge is -2.26. The second-order valence-corrected chi connectivity index (χ2v) is 16.1. The minimum absolute atomic E-state index is 0.0253. The lowest BCUT2D eigenvalue weighted by molar-refractivity contribution is -0.123. The van der Waals surface area contributed by atoms with E-state index in [0.717, 1.165) is 18.4 Å². The second kappa shape index (κ2) is 13.0. The Morgan fingerprint density at radius 2 is 1.80 bits per heavy atom. The fraction of sp³-hybridized carbons (Fsp3) is 0.343. The van der Waals surface area contributed by atoms with E-state index in [2.05, 4.69) is 25.6 Å². The predicted molar refractivity (Wildman–Crippen MR) is 187 cm³/mol. The third-order valence-corrected chi connectivity index (χ3v) is 10.9. The van der Waals surface area contributed by atoms with Crippen LogP contribution in [0, 0.1) is 17.6 Å². The number of nitrogens with one attached hydrogen (secondary N) is 3. The molecular weight excluding hydrogens is 778 g/mol. The van der Waals surface area contributed by atoms with Crippen molar-refractivity contribution in [1.29, 1.82) is 0 Å². The third-order valence-electron chi connectivity index (χ3n) is 9.99. The molecule has 3 aromatic heterocycles. The molecule has 0 radical (unpaired) electrons. The molecule has 1 saturated carbocycles. The standard InChI is InChI=1S/C35H29ClF6N8O4S/c1-49-31-17(3-4-21(36)28(31)34(47-49)48-55(2,53)54)18-12-23-22(5-6-25(51)43-23)45-29(18)24(9-14-7-15(37)10-16(38)8-14)44-26(52)13-50-32-27(30(46-50)33(39)40)19-11-20(19)35(32,41)42/h3-4,7-8,10,12,19-20,24,33H,5-6,9,11,13H2,1-2H3,(H,43,51)(H,44,52)(H,47,48)/t19-,20?,24-/m0/s1. The van der Waals surface area contributed by atoms with Gasteiger partial charge in [0.05, 0.1) is 45.3 Å². The van der Waals surface area contributed by atoms with Crippen LogP contribution in [0.1, 0.15) is 65.1 Å². The number of carbonyl (C=O) groups excluding carboxylic acids is 2. The number of benzene rings is 2. The van der Waals surface area contributed by atoms with Gasteiger partial charge in [0.1, 0.15) is 29.6 Å². The monoisotopic (exact) mass is 806 g/mol. The molecule has 1 unspecified atom stereocenters. The number of rotatable bonds is 10. The molecule has 0 spiro atoms. The van der Waals surface area contributed by atoms with Gasteiger partial charge in [0.15, 0.2) is 5.82 Å². The van der Waals surface area contributed by atoms with Crippen molar-refractivity contribution in [2.75, 3.05) is 16.3 Å². The lowest BCUT2D eigenvalue weighted by Crippen LogP contribution is -2.35. The summed E-state index contributed by atoms with van der Waals surface area (Å²) in [7, 11) is -2.31. The van der Waals surface area contributed by atoms with E-state index in [1.165, 1.54) is 17.8 Å². The number of hydrogen-bond donors (Lipinski definition) is 3. The average molecular weight is 807 g/mol. The van der Waals surface area contributed by atoms with Crippen molar-refractivity contribution in [3.05, 3.63) is 87.0 Å². The molecule has 3 N–H and O–H groups in total. The van der Waals surface area contributed by atoms with Gasteiger partial charge >= 0.3 is 0 Å². The molecule has 0 saturated heterocycles. The van der Waals surface area contributed by atoms with Gasteiger partial charge in [0.25, 0.3) is 12.3 Å². The van der Waals surface area contributed by atoms with Gasteiger partial charge in [0, 0.05) is 48.6 Å². The van der Waals surface area contributed by atoms with Gasteiger partial charge in [-0.2, -0.15) is 19.0 Å². The van der Waals surface area contributed by atoms with Crippen LogP contribution in [0.5, 0.6) is 0 Å². The van der Waals surface area contributed by atoms with Gasteiger partial charge in [-0.25, -0.2) is 26.0 Å². The molecule has 0 bridgehead atoms. The summed E-state index contributed by atoms with van der Waals surface area (Å²) in [6.07, 6.45) is -2.29. The fourth-order valence-electron chi connectivity index (χ4n) is 7.77. The van der Waals surface area contributed by atoms with Crippen LogP contribution in [0.15, 0.2) is 36.4 Å². The van der Waals surface area contributed by atoms with Crippen LogP contribution in [0.4, 0.5) is 37.8 Å². The van der Waals surface area contributed by atoms with E-state index in [4.69, 9.17) is 16.6 Å². The molecule has 3 atom stereocenters. The van der Waals surface area contributed by atoms with Crippen LogP contribution in [0.2, 0.25) is 5.02 Å². The van der Waals surface area contributed by atoms with Gasteiger partial charge in [-0.1, -0.05) is 17.7 Å². The molecule has 288 valence electrons.